The molecule has 0 aliphatic heterocycles. The number of aromatic nitrogens is 4. The molecule has 4 aromatic rings. The van der Waals surface area contributed by atoms with Gasteiger partial charge in [0.1, 0.15) is 5.75 Å². The summed E-state index contributed by atoms with van der Waals surface area (Å²) in [4.78, 5) is 1.79. The molecule has 0 amide bonds. The highest BCUT2D eigenvalue weighted by molar-refractivity contribution is 7.17. The maximum absolute atomic E-state index is 6.10. The molecule has 0 bridgehead atoms. The molecule has 0 atom stereocenters. The predicted octanol–water partition coefficient (Wildman–Crippen LogP) is 4.88. The zero-order valence-corrected chi connectivity index (χ0v) is 15.3. The molecule has 4 rings (SSSR count). The fourth-order valence-corrected chi connectivity index (χ4v) is 3.96. The van der Waals surface area contributed by atoms with Crippen molar-refractivity contribution in [3.05, 3.63) is 51.8 Å². The molecule has 3 heterocycles. The van der Waals surface area contributed by atoms with Crippen LogP contribution < -0.4 is 4.74 Å². The topological polar surface area (TPSA) is 52.3 Å². The highest BCUT2D eigenvalue weighted by Crippen LogP contribution is 2.33. The van der Waals surface area contributed by atoms with Crippen LogP contribution in [0.5, 0.6) is 5.75 Å². The third kappa shape index (κ3) is 2.79. The molecule has 122 valence electrons. The lowest BCUT2D eigenvalue weighted by Gasteiger charge is -2.23. The van der Waals surface area contributed by atoms with Gasteiger partial charge in [0.05, 0.1) is 4.88 Å². The highest BCUT2D eigenvalue weighted by Gasteiger charge is 2.29. The third-order valence-corrected chi connectivity index (χ3v) is 5.76. The molecule has 3 aromatic heterocycles. The Morgan fingerprint density at radius 2 is 1.92 bits per heavy atom. The Morgan fingerprint density at radius 1 is 1.12 bits per heavy atom. The molecule has 0 fully saturated rings. The SMILES string of the molecule is CC(C)(Oc1ccc(Cl)cc1)c1nn2c(-c3cccs3)nnc2s1. The van der Waals surface area contributed by atoms with Gasteiger partial charge in [0.2, 0.25) is 4.96 Å². The minimum absolute atomic E-state index is 0.591. The zero-order chi connectivity index (χ0) is 16.7. The van der Waals surface area contributed by atoms with E-state index in [-0.39, 0.29) is 0 Å². The van der Waals surface area contributed by atoms with Crippen molar-refractivity contribution < 1.29 is 4.74 Å². The van der Waals surface area contributed by atoms with E-state index in [1.165, 1.54) is 11.3 Å². The smallest absolute Gasteiger partial charge is 0.235 e. The van der Waals surface area contributed by atoms with Crippen molar-refractivity contribution in [2.24, 2.45) is 0 Å². The summed E-state index contributed by atoms with van der Waals surface area (Å²) in [5.41, 5.74) is -0.591. The van der Waals surface area contributed by atoms with Crippen LogP contribution in [0, 0.1) is 0 Å². The van der Waals surface area contributed by atoms with Crippen LogP contribution in [0.3, 0.4) is 0 Å². The van der Waals surface area contributed by atoms with E-state index in [9.17, 15) is 0 Å². The monoisotopic (exact) mass is 376 g/mol. The summed E-state index contributed by atoms with van der Waals surface area (Å²) in [6.07, 6.45) is 0. The van der Waals surface area contributed by atoms with Gasteiger partial charge in [-0.05, 0) is 49.6 Å². The van der Waals surface area contributed by atoms with Crippen LogP contribution in [0.2, 0.25) is 5.02 Å². The van der Waals surface area contributed by atoms with Gasteiger partial charge >= 0.3 is 0 Å². The molecule has 5 nitrogen and oxygen atoms in total. The molecule has 0 saturated carbocycles. The number of halogens is 1. The Bertz CT molecular complexity index is 974. The van der Waals surface area contributed by atoms with E-state index in [1.807, 2.05) is 43.5 Å². The molecule has 0 N–H and O–H groups in total. The molecule has 0 radical (unpaired) electrons. The normalized spacial score (nSPS) is 12.0. The van der Waals surface area contributed by atoms with E-state index in [0.717, 1.165) is 26.4 Å². The van der Waals surface area contributed by atoms with Gasteiger partial charge in [-0.15, -0.1) is 21.5 Å². The molecule has 0 aliphatic rings. The maximum atomic E-state index is 6.10. The summed E-state index contributed by atoms with van der Waals surface area (Å²) in [7, 11) is 0. The van der Waals surface area contributed by atoms with Crippen LogP contribution >= 0.6 is 34.3 Å². The predicted molar refractivity (Wildman–Crippen MR) is 97.1 cm³/mol. The van der Waals surface area contributed by atoms with Gasteiger partial charge in [-0.3, -0.25) is 0 Å². The van der Waals surface area contributed by atoms with E-state index < -0.39 is 5.60 Å². The first-order valence-corrected chi connectivity index (χ1v) is 9.31. The standard InChI is InChI=1S/C16H13ClN4OS2/c1-16(2,22-11-7-5-10(17)6-8-11)14-20-21-13(12-4-3-9-23-12)18-19-15(21)24-14/h3-9H,1-2H3. The van der Waals surface area contributed by atoms with Gasteiger partial charge < -0.3 is 4.74 Å². The van der Waals surface area contributed by atoms with Crippen molar-refractivity contribution in [3.63, 3.8) is 0 Å². The number of benzene rings is 1. The van der Waals surface area contributed by atoms with Gasteiger partial charge in [-0.25, -0.2) is 0 Å². The lowest BCUT2D eigenvalue weighted by Crippen LogP contribution is -2.25. The fraction of sp³-hybridized carbons (Fsp3) is 0.188. The van der Waals surface area contributed by atoms with Gasteiger partial charge in [0.15, 0.2) is 16.4 Å². The van der Waals surface area contributed by atoms with E-state index in [2.05, 4.69) is 15.3 Å². The molecular formula is C16H13ClN4OS2. The van der Waals surface area contributed by atoms with Crippen molar-refractivity contribution in [2.45, 2.75) is 19.4 Å². The summed E-state index contributed by atoms with van der Waals surface area (Å²) in [5.74, 6) is 1.50. The highest BCUT2D eigenvalue weighted by atomic mass is 35.5. The van der Waals surface area contributed by atoms with Crippen LogP contribution in [0.25, 0.3) is 15.7 Å². The molecule has 0 saturated heterocycles. The molecular weight excluding hydrogens is 364 g/mol. The first-order chi connectivity index (χ1) is 11.5. The van der Waals surface area contributed by atoms with Crippen molar-refractivity contribution in [3.8, 4) is 16.5 Å². The van der Waals surface area contributed by atoms with Crippen LogP contribution in [-0.2, 0) is 5.60 Å². The van der Waals surface area contributed by atoms with Crippen molar-refractivity contribution in [2.75, 3.05) is 0 Å². The van der Waals surface area contributed by atoms with Crippen LogP contribution in [0.15, 0.2) is 41.8 Å². The number of hydrogen-bond donors (Lipinski definition) is 0. The molecule has 24 heavy (non-hydrogen) atoms. The van der Waals surface area contributed by atoms with Gasteiger partial charge in [0.25, 0.3) is 0 Å². The molecule has 8 heteroatoms. The second-order valence-electron chi connectivity index (χ2n) is 5.67. The molecule has 0 unspecified atom stereocenters. The molecule has 1 aromatic carbocycles. The summed E-state index contributed by atoms with van der Waals surface area (Å²) in [6, 6.07) is 11.3. The zero-order valence-electron chi connectivity index (χ0n) is 12.9. The van der Waals surface area contributed by atoms with Gasteiger partial charge in [0, 0.05) is 5.02 Å². The number of ether oxygens (including phenoxy) is 1. The summed E-state index contributed by atoms with van der Waals surface area (Å²) in [5, 5.41) is 16.7. The quantitative estimate of drug-likeness (QED) is 0.509. The van der Waals surface area contributed by atoms with E-state index >= 15 is 0 Å². The van der Waals surface area contributed by atoms with Gasteiger partial charge in [-0.2, -0.15) is 9.61 Å². The summed E-state index contributed by atoms with van der Waals surface area (Å²) in [6.45, 7) is 3.97. The Labute approximate surface area is 151 Å². The second kappa shape index (κ2) is 5.84. The minimum atomic E-state index is -0.591. The third-order valence-electron chi connectivity index (χ3n) is 3.43. The number of hydrogen-bond acceptors (Lipinski definition) is 6. The van der Waals surface area contributed by atoms with E-state index in [1.54, 1.807) is 28.0 Å². The van der Waals surface area contributed by atoms with E-state index in [0.29, 0.717) is 5.02 Å². The first kappa shape index (κ1) is 15.6. The van der Waals surface area contributed by atoms with Crippen LogP contribution in [0.4, 0.5) is 0 Å². The van der Waals surface area contributed by atoms with E-state index in [4.69, 9.17) is 16.3 Å². The number of thiophene rings is 1. The summed E-state index contributed by atoms with van der Waals surface area (Å²) >= 11 is 9.01. The van der Waals surface area contributed by atoms with Crippen LogP contribution in [0.1, 0.15) is 18.9 Å². The van der Waals surface area contributed by atoms with Crippen LogP contribution in [-0.4, -0.2) is 19.8 Å². The number of rotatable bonds is 4. The van der Waals surface area contributed by atoms with Crippen molar-refractivity contribution >= 4 is 39.2 Å². The van der Waals surface area contributed by atoms with Crippen molar-refractivity contribution in [1.82, 2.24) is 19.8 Å². The first-order valence-electron chi connectivity index (χ1n) is 7.24. The second-order valence-corrected chi connectivity index (χ2v) is 8.01. The Kier molecular flexibility index (Phi) is 3.79. The van der Waals surface area contributed by atoms with Crippen molar-refractivity contribution in [1.29, 1.82) is 0 Å². The molecule has 0 spiro atoms. The average molecular weight is 377 g/mol. The largest absolute Gasteiger partial charge is 0.481 e. The fourth-order valence-electron chi connectivity index (χ4n) is 2.26. The Balaban J connectivity index is 1.69. The average Bonchev–Trinajstić information content (AvgIpc) is 3.24. The van der Waals surface area contributed by atoms with Gasteiger partial charge in [-0.1, -0.05) is 29.0 Å². The summed E-state index contributed by atoms with van der Waals surface area (Å²) < 4.78 is 7.88. The Morgan fingerprint density at radius 3 is 2.62 bits per heavy atom. The lowest BCUT2D eigenvalue weighted by molar-refractivity contribution is 0.107. The Hall–Kier alpha value is -1.96. The minimum Gasteiger partial charge on any atom is -0.481 e. The number of fused-ring (bicyclic) bond motifs is 1. The maximum Gasteiger partial charge on any atom is 0.235 e. The number of nitrogens with zero attached hydrogens (tertiary/aromatic N) is 4. The lowest BCUT2D eigenvalue weighted by atomic mass is 10.1. The molecule has 0 aliphatic carbocycles.